The molecule has 1 fully saturated rings. The predicted molar refractivity (Wildman–Crippen MR) is 53.4 cm³/mol. The molecule has 0 spiro atoms. The van der Waals surface area contributed by atoms with Gasteiger partial charge in [-0.25, -0.2) is 0 Å². The average molecular weight is 178 g/mol. The number of carbonyl (C=O) groups excluding carboxylic acids is 1. The summed E-state index contributed by atoms with van der Waals surface area (Å²) in [5.41, 5.74) is 2.43. The highest BCUT2D eigenvalue weighted by atomic mass is 16.1. The van der Waals surface area contributed by atoms with Crippen LogP contribution in [0, 0.1) is 17.8 Å². The standard InChI is InChI=1S/C12H18O/c1-7-4-10-6-11(5-7)12(13)9(3)8(10)2/h7,10-11H,4-6H2,1-3H3. The second-order valence-corrected chi connectivity index (χ2v) is 4.88. The highest BCUT2D eigenvalue weighted by Crippen LogP contribution is 2.43. The molecule has 0 N–H and O–H groups in total. The molecule has 0 radical (unpaired) electrons. The van der Waals surface area contributed by atoms with E-state index in [9.17, 15) is 4.79 Å². The molecule has 3 unspecified atom stereocenters. The minimum Gasteiger partial charge on any atom is -0.294 e. The predicted octanol–water partition coefficient (Wildman–Crippen LogP) is 2.96. The van der Waals surface area contributed by atoms with E-state index in [1.54, 1.807) is 0 Å². The Morgan fingerprint density at radius 1 is 1.08 bits per heavy atom. The van der Waals surface area contributed by atoms with Crippen molar-refractivity contribution in [1.82, 2.24) is 0 Å². The summed E-state index contributed by atoms with van der Waals surface area (Å²) in [6, 6.07) is 0. The van der Waals surface area contributed by atoms with E-state index < -0.39 is 0 Å². The Labute approximate surface area is 80.2 Å². The van der Waals surface area contributed by atoms with E-state index in [-0.39, 0.29) is 0 Å². The van der Waals surface area contributed by atoms with Crippen molar-refractivity contribution >= 4 is 5.78 Å². The molecule has 0 aromatic rings. The van der Waals surface area contributed by atoms with Gasteiger partial charge in [-0.3, -0.25) is 4.79 Å². The number of fused-ring (bicyclic) bond motifs is 2. The number of hydrogen-bond acceptors (Lipinski definition) is 1. The van der Waals surface area contributed by atoms with Gasteiger partial charge in [-0.2, -0.15) is 0 Å². The highest BCUT2D eigenvalue weighted by Gasteiger charge is 2.37. The van der Waals surface area contributed by atoms with Crippen LogP contribution in [0.15, 0.2) is 11.1 Å². The van der Waals surface area contributed by atoms with Gasteiger partial charge in [-0.1, -0.05) is 12.5 Å². The van der Waals surface area contributed by atoms with Crippen molar-refractivity contribution in [3.63, 3.8) is 0 Å². The Hall–Kier alpha value is -0.590. The third-order valence-corrected chi connectivity index (χ3v) is 3.89. The third-order valence-electron chi connectivity index (χ3n) is 3.89. The molecule has 0 amide bonds. The first-order chi connectivity index (χ1) is 6.09. The van der Waals surface area contributed by atoms with Crippen LogP contribution in [-0.2, 0) is 4.79 Å². The lowest BCUT2D eigenvalue weighted by Gasteiger charge is -2.38. The van der Waals surface area contributed by atoms with Crippen LogP contribution >= 0.6 is 0 Å². The van der Waals surface area contributed by atoms with Gasteiger partial charge in [0.25, 0.3) is 0 Å². The van der Waals surface area contributed by atoms with Gasteiger partial charge < -0.3 is 0 Å². The fourth-order valence-electron chi connectivity index (χ4n) is 2.98. The van der Waals surface area contributed by atoms with Gasteiger partial charge in [-0.05, 0) is 50.5 Å². The number of hydrogen-bond donors (Lipinski definition) is 0. The lowest BCUT2D eigenvalue weighted by molar-refractivity contribution is -0.121. The van der Waals surface area contributed by atoms with Crippen molar-refractivity contribution in [2.45, 2.75) is 40.0 Å². The van der Waals surface area contributed by atoms with Gasteiger partial charge in [0.1, 0.15) is 0 Å². The fourth-order valence-corrected chi connectivity index (χ4v) is 2.98. The first-order valence-corrected chi connectivity index (χ1v) is 5.31. The van der Waals surface area contributed by atoms with Crippen LogP contribution in [0.2, 0.25) is 0 Å². The maximum absolute atomic E-state index is 11.8. The molecular formula is C12H18O. The van der Waals surface area contributed by atoms with Crippen LogP contribution in [0.1, 0.15) is 40.0 Å². The summed E-state index contributed by atoms with van der Waals surface area (Å²) in [6.07, 6.45) is 3.55. The van der Waals surface area contributed by atoms with E-state index in [0.717, 1.165) is 24.3 Å². The molecule has 2 bridgehead atoms. The normalized spacial score (nSPS) is 39.6. The molecule has 0 aromatic carbocycles. The van der Waals surface area contributed by atoms with Crippen molar-refractivity contribution in [3.8, 4) is 0 Å². The molecule has 0 aliphatic heterocycles. The van der Waals surface area contributed by atoms with Crippen molar-refractivity contribution in [2.24, 2.45) is 17.8 Å². The summed E-state index contributed by atoms with van der Waals surface area (Å²) in [4.78, 5) is 11.8. The highest BCUT2D eigenvalue weighted by molar-refractivity contribution is 5.98. The smallest absolute Gasteiger partial charge is 0.161 e. The maximum Gasteiger partial charge on any atom is 0.161 e. The molecule has 0 heterocycles. The maximum atomic E-state index is 11.8. The molecule has 0 saturated heterocycles. The number of carbonyl (C=O) groups is 1. The molecule has 3 atom stereocenters. The molecule has 1 saturated carbocycles. The molecule has 2 rings (SSSR count). The Morgan fingerprint density at radius 2 is 1.69 bits per heavy atom. The first-order valence-electron chi connectivity index (χ1n) is 5.31. The molecule has 2 aliphatic carbocycles. The van der Waals surface area contributed by atoms with E-state index in [1.165, 1.54) is 12.0 Å². The second kappa shape index (κ2) is 2.97. The molecular weight excluding hydrogens is 160 g/mol. The minimum absolute atomic E-state index is 0.359. The molecule has 13 heavy (non-hydrogen) atoms. The number of Topliss-reactive ketones (excluding diaryl/α,β-unsaturated/α-hetero) is 1. The second-order valence-electron chi connectivity index (χ2n) is 4.88. The van der Waals surface area contributed by atoms with Crippen LogP contribution in [0.4, 0.5) is 0 Å². The lowest BCUT2D eigenvalue weighted by Crippen LogP contribution is -2.33. The monoisotopic (exact) mass is 178 g/mol. The Balaban J connectivity index is 2.35. The van der Waals surface area contributed by atoms with Gasteiger partial charge in [-0.15, -0.1) is 0 Å². The summed E-state index contributed by atoms with van der Waals surface area (Å²) in [7, 11) is 0. The van der Waals surface area contributed by atoms with Crippen LogP contribution in [0.25, 0.3) is 0 Å². The number of ketones is 1. The van der Waals surface area contributed by atoms with Crippen molar-refractivity contribution in [3.05, 3.63) is 11.1 Å². The quantitative estimate of drug-likeness (QED) is 0.557. The summed E-state index contributed by atoms with van der Waals surface area (Å²) >= 11 is 0. The van der Waals surface area contributed by atoms with Gasteiger partial charge >= 0.3 is 0 Å². The van der Waals surface area contributed by atoms with Crippen molar-refractivity contribution in [2.75, 3.05) is 0 Å². The van der Waals surface area contributed by atoms with Gasteiger partial charge in [0.05, 0.1) is 0 Å². The van der Waals surface area contributed by atoms with Crippen molar-refractivity contribution < 1.29 is 4.79 Å². The SMILES string of the molecule is CC1=C(C)C2CC(C)CC(C2)C1=O. The van der Waals surface area contributed by atoms with E-state index >= 15 is 0 Å². The molecule has 1 nitrogen and oxygen atoms in total. The van der Waals surface area contributed by atoms with Crippen LogP contribution in [0.3, 0.4) is 0 Å². The molecule has 72 valence electrons. The number of rotatable bonds is 0. The summed E-state index contributed by atoms with van der Waals surface area (Å²) < 4.78 is 0. The van der Waals surface area contributed by atoms with Gasteiger partial charge in [0, 0.05) is 5.92 Å². The number of allylic oxidation sites excluding steroid dienone is 2. The third kappa shape index (κ3) is 1.34. The fraction of sp³-hybridized carbons (Fsp3) is 0.750. The Bertz CT molecular complexity index is 275. The topological polar surface area (TPSA) is 17.1 Å². The zero-order valence-electron chi connectivity index (χ0n) is 8.76. The van der Waals surface area contributed by atoms with Gasteiger partial charge in [0.15, 0.2) is 5.78 Å². The lowest BCUT2D eigenvalue weighted by atomic mass is 9.66. The Morgan fingerprint density at radius 3 is 2.38 bits per heavy atom. The van der Waals surface area contributed by atoms with E-state index in [2.05, 4.69) is 13.8 Å². The zero-order chi connectivity index (χ0) is 9.59. The summed E-state index contributed by atoms with van der Waals surface area (Å²) in [5, 5.41) is 0. The minimum atomic E-state index is 0.359. The van der Waals surface area contributed by atoms with E-state index in [1.807, 2.05) is 6.92 Å². The van der Waals surface area contributed by atoms with Crippen LogP contribution in [0.5, 0.6) is 0 Å². The summed E-state index contributed by atoms with van der Waals surface area (Å²) in [5.74, 6) is 2.25. The van der Waals surface area contributed by atoms with Crippen molar-refractivity contribution in [1.29, 1.82) is 0 Å². The largest absolute Gasteiger partial charge is 0.294 e. The molecule has 1 heteroatoms. The first kappa shape index (κ1) is 8.98. The Kier molecular flexibility index (Phi) is 2.05. The van der Waals surface area contributed by atoms with Crippen LogP contribution in [-0.4, -0.2) is 5.78 Å². The van der Waals surface area contributed by atoms with E-state index in [0.29, 0.717) is 17.6 Å². The van der Waals surface area contributed by atoms with Crippen LogP contribution < -0.4 is 0 Å². The molecule has 2 aliphatic rings. The summed E-state index contributed by atoms with van der Waals surface area (Å²) in [6.45, 7) is 6.43. The zero-order valence-corrected chi connectivity index (χ0v) is 8.76. The average Bonchev–Trinajstić information content (AvgIpc) is 2.11. The van der Waals surface area contributed by atoms with Gasteiger partial charge in [0.2, 0.25) is 0 Å². The van der Waals surface area contributed by atoms with E-state index in [4.69, 9.17) is 0 Å². The molecule has 0 aromatic heterocycles.